The Morgan fingerprint density at radius 2 is 1.90 bits per heavy atom. The third-order valence-corrected chi connectivity index (χ3v) is 4.03. The van der Waals surface area contributed by atoms with Crippen molar-refractivity contribution in [1.29, 1.82) is 0 Å². The van der Waals surface area contributed by atoms with Crippen LogP contribution < -0.4 is 5.32 Å². The van der Waals surface area contributed by atoms with Crippen molar-refractivity contribution >= 4 is 28.9 Å². The minimum absolute atomic E-state index is 0.203. The number of carboxylic acids is 1. The summed E-state index contributed by atoms with van der Waals surface area (Å²) in [7, 11) is 0. The molecule has 1 aromatic carbocycles. The molecule has 0 aliphatic carbocycles. The summed E-state index contributed by atoms with van der Waals surface area (Å²) in [5.74, 6) is -1.88. The molecule has 0 saturated heterocycles. The Morgan fingerprint density at radius 1 is 1.20 bits per heavy atom. The Balaban J connectivity index is 2.20. The van der Waals surface area contributed by atoms with E-state index in [4.69, 9.17) is 5.11 Å². The van der Waals surface area contributed by atoms with E-state index in [0.29, 0.717) is 10.6 Å². The summed E-state index contributed by atoms with van der Waals surface area (Å²) in [6, 6.07) is 5.70. The van der Waals surface area contributed by atoms with E-state index in [2.05, 4.69) is 5.32 Å². The molecule has 0 fully saturated rings. The quantitative estimate of drug-likeness (QED) is 0.811. The number of hydrogen-bond acceptors (Lipinski definition) is 4. The maximum absolute atomic E-state index is 12.0. The lowest BCUT2D eigenvalue weighted by Crippen LogP contribution is -2.10. The summed E-state index contributed by atoms with van der Waals surface area (Å²) >= 11 is 1.39. The zero-order chi connectivity index (χ0) is 14.9. The Hall–Kier alpha value is -2.34. The molecule has 0 unspecified atom stereocenters. The van der Waals surface area contributed by atoms with E-state index in [1.165, 1.54) is 29.5 Å². The molecule has 1 aromatic heterocycles. The van der Waals surface area contributed by atoms with Gasteiger partial charge in [0.2, 0.25) is 0 Å². The highest BCUT2D eigenvalue weighted by atomic mass is 32.1. The van der Waals surface area contributed by atoms with Gasteiger partial charge in [0.05, 0.1) is 4.88 Å². The number of anilines is 1. The Morgan fingerprint density at radius 3 is 2.40 bits per heavy atom. The van der Waals surface area contributed by atoms with E-state index in [9.17, 15) is 14.7 Å². The van der Waals surface area contributed by atoms with Crippen LogP contribution in [-0.4, -0.2) is 22.1 Å². The van der Waals surface area contributed by atoms with Crippen molar-refractivity contribution in [3.8, 4) is 5.75 Å². The second kappa shape index (κ2) is 5.34. The topological polar surface area (TPSA) is 86.6 Å². The largest absolute Gasteiger partial charge is 0.507 e. The molecule has 0 spiro atoms. The van der Waals surface area contributed by atoms with Crippen LogP contribution in [0.3, 0.4) is 0 Å². The number of hydrogen-bond donors (Lipinski definition) is 3. The predicted molar refractivity (Wildman–Crippen MR) is 76.8 cm³/mol. The molecule has 6 heteroatoms. The van der Waals surface area contributed by atoms with Crippen molar-refractivity contribution in [3.05, 3.63) is 45.1 Å². The summed E-state index contributed by atoms with van der Waals surface area (Å²) in [5.41, 5.74) is 1.19. The van der Waals surface area contributed by atoms with Crippen molar-refractivity contribution in [3.63, 3.8) is 0 Å². The van der Waals surface area contributed by atoms with Gasteiger partial charge in [-0.25, -0.2) is 4.79 Å². The molecule has 0 saturated carbocycles. The number of aromatic carboxylic acids is 1. The number of phenols is 1. The highest BCUT2D eigenvalue weighted by molar-refractivity contribution is 7.14. The van der Waals surface area contributed by atoms with Crippen LogP contribution >= 0.6 is 11.3 Å². The first-order valence-electron chi connectivity index (χ1n) is 5.83. The van der Waals surface area contributed by atoms with Crippen LogP contribution in [-0.2, 0) is 0 Å². The van der Waals surface area contributed by atoms with Crippen molar-refractivity contribution in [1.82, 2.24) is 0 Å². The molecule has 1 amide bonds. The van der Waals surface area contributed by atoms with Crippen LogP contribution in [0, 0.1) is 13.8 Å². The molecule has 2 rings (SSSR count). The van der Waals surface area contributed by atoms with Crippen LogP contribution in [0.2, 0.25) is 0 Å². The standard InChI is InChI=1S/C14H13NO4S/c1-7-5-12(20-8(7)2)13(17)15-9-3-4-10(14(18)19)11(16)6-9/h3-6,16H,1-2H3,(H,15,17)(H,18,19). The van der Waals surface area contributed by atoms with Gasteiger partial charge in [0.25, 0.3) is 5.91 Å². The smallest absolute Gasteiger partial charge is 0.339 e. The SMILES string of the molecule is Cc1cc(C(=O)Nc2ccc(C(=O)O)c(O)c2)sc1C. The van der Waals surface area contributed by atoms with Gasteiger partial charge < -0.3 is 15.5 Å². The van der Waals surface area contributed by atoms with Crippen LogP contribution in [0.5, 0.6) is 5.75 Å². The average Bonchev–Trinajstić information content (AvgIpc) is 2.69. The maximum Gasteiger partial charge on any atom is 0.339 e. The minimum Gasteiger partial charge on any atom is -0.507 e. The summed E-state index contributed by atoms with van der Waals surface area (Å²) < 4.78 is 0. The maximum atomic E-state index is 12.0. The Bertz CT molecular complexity index is 671. The number of aryl methyl sites for hydroxylation is 2. The number of rotatable bonds is 3. The molecule has 2 aromatic rings. The van der Waals surface area contributed by atoms with Gasteiger partial charge in [-0.15, -0.1) is 11.3 Å². The van der Waals surface area contributed by atoms with Gasteiger partial charge >= 0.3 is 5.97 Å². The fourth-order valence-corrected chi connectivity index (χ4v) is 2.60. The van der Waals surface area contributed by atoms with Crippen molar-refractivity contribution in [2.24, 2.45) is 0 Å². The third kappa shape index (κ3) is 2.80. The number of thiophene rings is 1. The van der Waals surface area contributed by atoms with E-state index < -0.39 is 5.97 Å². The summed E-state index contributed by atoms with van der Waals surface area (Å²) in [6.07, 6.45) is 0. The number of nitrogens with one attached hydrogen (secondary N) is 1. The van der Waals surface area contributed by atoms with E-state index in [0.717, 1.165) is 10.4 Å². The number of amides is 1. The highest BCUT2D eigenvalue weighted by Crippen LogP contribution is 2.24. The van der Waals surface area contributed by atoms with Gasteiger partial charge in [-0.3, -0.25) is 4.79 Å². The van der Waals surface area contributed by atoms with Crippen molar-refractivity contribution in [2.75, 3.05) is 5.32 Å². The van der Waals surface area contributed by atoms with Gasteiger partial charge in [0.15, 0.2) is 0 Å². The lowest BCUT2D eigenvalue weighted by Gasteiger charge is -2.05. The number of carbonyl (C=O) groups is 2. The van der Waals surface area contributed by atoms with Gasteiger partial charge in [-0.2, -0.15) is 0 Å². The third-order valence-electron chi connectivity index (χ3n) is 2.88. The monoisotopic (exact) mass is 291 g/mol. The van der Waals surface area contributed by atoms with Crippen LogP contribution in [0.1, 0.15) is 30.5 Å². The summed E-state index contributed by atoms with van der Waals surface area (Å²) in [6.45, 7) is 3.86. The first-order chi connectivity index (χ1) is 9.38. The minimum atomic E-state index is -1.22. The molecule has 0 atom stereocenters. The zero-order valence-electron chi connectivity index (χ0n) is 10.9. The second-order valence-electron chi connectivity index (χ2n) is 4.34. The van der Waals surface area contributed by atoms with E-state index in [-0.39, 0.29) is 17.2 Å². The Labute approximate surface area is 119 Å². The fourth-order valence-electron chi connectivity index (χ4n) is 1.67. The predicted octanol–water partition coefficient (Wildman–Crippen LogP) is 3.02. The first kappa shape index (κ1) is 14.1. The van der Waals surface area contributed by atoms with Crippen LogP contribution in [0.4, 0.5) is 5.69 Å². The van der Waals surface area contributed by atoms with Crippen molar-refractivity contribution < 1.29 is 19.8 Å². The van der Waals surface area contributed by atoms with E-state index in [1.807, 2.05) is 13.8 Å². The first-order valence-corrected chi connectivity index (χ1v) is 6.65. The summed E-state index contributed by atoms with van der Waals surface area (Å²) in [5, 5.41) is 21.0. The molecule has 0 bridgehead atoms. The molecule has 1 heterocycles. The van der Waals surface area contributed by atoms with Crippen LogP contribution in [0.25, 0.3) is 0 Å². The number of carboxylic acid groups (broad SMARTS) is 1. The highest BCUT2D eigenvalue weighted by Gasteiger charge is 2.13. The molecule has 104 valence electrons. The lowest BCUT2D eigenvalue weighted by molar-refractivity contribution is 0.0693. The lowest BCUT2D eigenvalue weighted by atomic mass is 10.2. The molecular formula is C14H13NO4S. The molecule has 5 nitrogen and oxygen atoms in total. The van der Waals surface area contributed by atoms with E-state index in [1.54, 1.807) is 6.07 Å². The molecule has 0 aliphatic rings. The van der Waals surface area contributed by atoms with Crippen molar-refractivity contribution in [2.45, 2.75) is 13.8 Å². The molecule has 0 aliphatic heterocycles. The van der Waals surface area contributed by atoms with Crippen LogP contribution in [0.15, 0.2) is 24.3 Å². The average molecular weight is 291 g/mol. The number of aromatic hydroxyl groups is 1. The zero-order valence-corrected chi connectivity index (χ0v) is 11.7. The normalized spacial score (nSPS) is 10.3. The molecule has 0 radical (unpaired) electrons. The van der Waals surface area contributed by atoms with E-state index >= 15 is 0 Å². The van der Waals surface area contributed by atoms with Gasteiger partial charge in [0, 0.05) is 16.6 Å². The molecular weight excluding hydrogens is 278 g/mol. The summed E-state index contributed by atoms with van der Waals surface area (Å²) in [4.78, 5) is 24.4. The molecule has 20 heavy (non-hydrogen) atoms. The Kier molecular flexibility index (Phi) is 3.76. The molecule has 3 N–H and O–H groups in total. The number of benzene rings is 1. The second-order valence-corrected chi connectivity index (χ2v) is 5.60. The van der Waals surface area contributed by atoms with Gasteiger partial charge in [-0.05, 0) is 37.6 Å². The number of carbonyl (C=O) groups excluding carboxylic acids is 1. The van der Waals surface area contributed by atoms with Gasteiger partial charge in [-0.1, -0.05) is 0 Å². The van der Waals surface area contributed by atoms with Gasteiger partial charge in [0.1, 0.15) is 11.3 Å². The fraction of sp³-hybridized carbons (Fsp3) is 0.143.